The lowest BCUT2D eigenvalue weighted by molar-refractivity contribution is 0.0876. The molecule has 5 rings (SSSR count). The van der Waals surface area contributed by atoms with E-state index in [1.807, 2.05) is 12.1 Å². The third kappa shape index (κ3) is 1.68. The average molecular weight is 256 g/mol. The Kier molecular flexibility index (Phi) is 2.39. The van der Waals surface area contributed by atoms with Crippen LogP contribution < -0.4 is 0 Å². The number of aromatic hydroxyl groups is 1. The first kappa shape index (κ1) is 11.4. The van der Waals surface area contributed by atoms with Gasteiger partial charge < -0.3 is 14.6 Å². The van der Waals surface area contributed by atoms with E-state index in [0.717, 1.165) is 5.92 Å². The summed E-state index contributed by atoms with van der Waals surface area (Å²) >= 11 is 0. The maximum Gasteiger partial charge on any atom is 0.116 e. The molecular formula is C16H20N2O. The van der Waals surface area contributed by atoms with Crippen molar-refractivity contribution in [3.63, 3.8) is 0 Å². The summed E-state index contributed by atoms with van der Waals surface area (Å²) in [5.41, 5.74) is 2.66. The lowest BCUT2D eigenvalue weighted by atomic mass is 9.75. The molecule has 100 valence electrons. The van der Waals surface area contributed by atoms with Gasteiger partial charge in [0.2, 0.25) is 0 Å². The molecule has 3 fully saturated rings. The van der Waals surface area contributed by atoms with Crippen LogP contribution in [0.5, 0.6) is 5.75 Å². The zero-order valence-electron chi connectivity index (χ0n) is 11.3. The van der Waals surface area contributed by atoms with E-state index in [9.17, 15) is 5.11 Å². The summed E-state index contributed by atoms with van der Waals surface area (Å²) in [5.74, 6) is 1.85. The predicted molar refractivity (Wildman–Crippen MR) is 76.5 cm³/mol. The van der Waals surface area contributed by atoms with E-state index in [-0.39, 0.29) is 0 Å². The van der Waals surface area contributed by atoms with Crippen molar-refractivity contribution in [1.82, 2.24) is 9.47 Å². The van der Waals surface area contributed by atoms with E-state index in [4.69, 9.17) is 0 Å². The van der Waals surface area contributed by atoms with Crippen LogP contribution in [0.15, 0.2) is 24.4 Å². The number of nitrogens with zero attached hydrogens (tertiary/aromatic N) is 2. The number of hydrogen-bond acceptors (Lipinski definition) is 2. The molecule has 0 aliphatic carbocycles. The van der Waals surface area contributed by atoms with Crippen molar-refractivity contribution in [1.29, 1.82) is 0 Å². The van der Waals surface area contributed by atoms with Gasteiger partial charge in [-0.3, -0.25) is 0 Å². The third-order valence-corrected chi connectivity index (χ3v) is 5.06. The minimum absolute atomic E-state index is 0.376. The van der Waals surface area contributed by atoms with Gasteiger partial charge in [-0.2, -0.15) is 0 Å². The molecule has 3 aliphatic rings. The van der Waals surface area contributed by atoms with Crippen LogP contribution in [0.1, 0.15) is 24.3 Å². The molecule has 2 bridgehead atoms. The second-order valence-corrected chi connectivity index (χ2v) is 6.14. The van der Waals surface area contributed by atoms with Gasteiger partial charge in [-0.05, 0) is 55.6 Å². The third-order valence-electron chi connectivity index (χ3n) is 5.06. The number of rotatable bonds is 1. The molecule has 1 atom stereocenters. The summed E-state index contributed by atoms with van der Waals surface area (Å²) < 4.78 is 2.20. The Hall–Kier alpha value is -1.48. The Morgan fingerprint density at radius 2 is 2.00 bits per heavy atom. The van der Waals surface area contributed by atoms with Crippen molar-refractivity contribution >= 4 is 10.9 Å². The van der Waals surface area contributed by atoms with E-state index < -0.39 is 0 Å². The highest BCUT2D eigenvalue weighted by molar-refractivity contribution is 5.86. The van der Waals surface area contributed by atoms with Crippen LogP contribution in [-0.2, 0) is 7.05 Å². The summed E-state index contributed by atoms with van der Waals surface area (Å²) in [6, 6.07) is 5.74. The fourth-order valence-corrected chi connectivity index (χ4v) is 4.02. The standard InChI is InChI=1S/C16H20N2O/c1-17-9-15(13-8-12(19)2-3-16(13)17)14-10-18-6-4-11(14)5-7-18/h2-3,8-9,11,14,19H,4-7,10H2,1H3. The monoisotopic (exact) mass is 256 g/mol. The Balaban J connectivity index is 1.84. The van der Waals surface area contributed by atoms with Crippen LogP contribution in [0.3, 0.4) is 0 Å². The molecule has 3 saturated heterocycles. The topological polar surface area (TPSA) is 28.4 Å². The smallest absolute Gasteiger partial charge is 0.116 e. The van der Waals surface area contributed by atoms with Crippen LogP contribution >= 0.6 is 0 Å². The number of aromatic nitrogens is 1. The first-order chi connectivity index (χ1) is 9.22. The number of phenols is 1. The van der Waals surface area contributed by atoms with Gasteiger partial charge in [0.15, 0.2) is 0 Å². The molecule has 0 saturated carbocycles. The molecule has 2 aromatic rings. The first-order valence-electron chi connectivity index (χ1n) is 7.22. The maximum absolute atomic E-state index is 9.77. The van der Waals surface area contributed by atoms with E-state index in [2.05, 4.69) is 22.7 Å². The number of hydrogen-bond donors (Lipinski definition) is 1. The van der Waals surface area contributed by atoms with Crippen molar-refractivity contribution in [3.05, 3.63) is 30.0 Å². The van der Waals surface area contributed by atoms with Crippen LogP contribution in [0, 0.1) is 5.92 Å². The zero-order chi connectivity index (χ0) is 13.0. The van der Waals surface area contributed by atoms with Gasteiger partial charge in [0.05, 0.1) is 0 Å². The van der Waals surface area contributed by atoms with Crippen molar-refractivity contribution < 1.29 is 5.11 Å². The van der Waals surface area contributed by atoms with E-state index in [1.165, 1.54) is 48.9 Å². The quantitative estimate of drug-likeness (QED) is 0.849. The molecule has 19 heavy (non-hydrogen) atoms. The number of phenolic OH excluding ortho intramolecular Hbond substituents is 1. The van der Waals surface area contributed by atoms with Crippen LogP contribution in [0.25, 0.3) is 10.9 Å². The zero-order valence-corrected chi connectivity index (χ0v) is 11.3. The fourth-order valence-electron chi connectivity index (χ4n) is 4.02. The average Bonchev–Trinajstić information content (AvgIpc) is 2.76. The summed E-state index contributed by atoms with van der Waals surface area (Å²) in [6.07, 6.45) is 4.94. The highest BCUT2D eigenvalue weighted by Crippen LogP contribution is 2.42. The minimum atomic E-state index is 0.376. The molecule has 4 heterocycles. The summed E-state index contributed by atoms with van der Waals surface area (Å²) in [6.45, 7) is 3.74. The van der Waals surface area contributed by atoms with Gasteiger partial charge in [-0.1, -0.05) is 0 Å². The molecule has 1 unspecified atom stereocenters. The molecular weight excluding hydrogens is 236 g/mol. The normalized spacial score (nSPS) is 30.1. The molecule has 1 N–H and O–H groups in total. The Labute approximate surface area is 113 Å². The molecule has 0 amide bonds. The van der Waals surface area contributed by atoms with Gasteiger partial charge in [0.1, 0.15) is 5.75 Å². The van der Waals surface area contributed by atoms with Crippen molar-refractivity contribution in [2.45, 2.75) is 18.8 Å². The van der Waals surface area contributed by atoms with Crippen molar-refractivity contribution in [3.8, 4) is 5.75 Å². The van der Waals surface area contributed by atoms with E-state index >= 15 is 0 Å². The highest BCUT2D eigenvalue weighted by Gasteiger charge is 2.36. The number of benzene rings is 1. The maximum atomic E-state index is 9.77. The summed E-state index contributed by atoms with van der Waals surface area (Å²) in [4.78, 5) is 2.59. The first-order valence-corrected chi connectivity index (χ1v) is 7.22. The Morgan fingerprint density at radius 1 is 1.21 bits per heavy atom. The SMILES string of the molecule is Cn1cc(C2CN3CCC2CC3)c2cc(O)ccc21. The lowest BCUT2D eigenvalue weighted by Gasteiger charge is -2.44. The number of piperidine rings is 3. The van der Waals surface area contributed by atoms with Crippen LogP contribution in [0.2, 0.25) is 0 Å². The minimum Gasteiger partial charge on any atom is -0.508 e. The van der Waals surface area contributed by atoms with Gasteiger partial charge >= 0.3 is 0 Å². The molecule has 0 radical (unpaired) electrons. The number of aryl methyl sites for hydroxylation is 1. The summed E-state index contributed by atoms with van der Waals surface area (Å²) in [5, 5.41) is 11.0. The second kappa shape index (κ2) is 4.01. The lowest BCUT2D eigenvalue weighted by Crippen LogP contribution is -2.46. The van der Waals surface area contributed by atoms with Gasteiger partial charge in [-0.15, -0.1) is 0 Å². The van der Waals surface area contributed by atoms with Gasteiger partial charge in [0, 0.05) is 36.6 Å². The molecule has 1 aromatic carbocycles. The number of fused-ring (bicyclic) bond motifs is 4. The molecule has 3 nitrogen and oxygen atoms in total. The van der Waals surface area contributed by atoms with E-state index in [0.29, 0.717) is 11.7 Å². The largest absolute Gasteiger partial charge is 0.508 e. The van der Waals surface area contributed by atoms with Crippen molar-refractivity contribution in [2.24, 2.45) is 13.0 Å². The predicted octanol–water partition coefficient (Wildman–Crippen LogP) is 2.69. The fraction of sp³-hybridized carbons (Fsp3) is 0.500. The van der Waals surface area contributed by atoms with Crippen LogP contribution in [-0.4, -0.2) is 34.2 Å². The molecule has 3 aliphatic heterocycles. The summed E-state index contributed by atoms with van der Waals surface area (Å²) in [7, 11) is 2.10. The Bertz CT molecular complexity index is 623. The van der Waals surface area contributed by atoms with Crippen LogP contribution in [0.4, 0.5) is 0 Å². The second-order valence-electron chi connectivity index (χ2n) is 6.14. The molecule has 3 heteroatoms. The molecule has 1 aromatic heterocycles. The van der Waals surface area contributed by atoms with Crippen molar-refractivity contribution in [2.75, 3.05) is 19.6 Å². The van der Waals surface area contributed by atoms with Gasteiger partial charge in [0.25, 0.3) is 0 Å². The van der Waals surface area contributed by atoms with Gasteiger partial charge in [-0.25, -0.2) is 0 Å². The highest BCUT2D eigenvalue weighted by atomic mass is 16.3. The van der Waals surface area contributed by atoms with E-state index in [1.54, 1.807) is 6.07 Å². The molecule has 0 spiro atoms. The Morgan fingerprint density at radius 3 is 2.68 bits per heavy atom.